The quantitative estimate of drug-likeness (QED) is 0.864. The van der Waals surface area contributed by atoms with Gasteiger partial charge in [-0.05, 0) is 56.8 Å². The Morgan fingerprint density at radius 1 is 1.33 bits per heavy atom. The molecule has 0 radical (unpaired) electrons. The number of benzene rings is 1. The monoisotopic (exact) mass is 356 g/mol. The number of ether oxygens (including phenoxy) is 1. The molecular formula is C18H26N2O3S. The van der Waals surface area contributed by atoms with Gasteiger partial charge in [-0.15, -0.1) is 0 Å². The number of aromatic nitrogens is 1. The van der Waals surface area contributed by atoms with Crippen molar-refractivity contribution in [3.05, 3.63) is 30.0 Å². The first-order chi connectivity index (χ1) is 13.9. The molecule has 0 bridgehead atoms. The molecule has 1 aliphatic rings. The lowest BCUT2D eigenvalue weighted by Gasteiger charge is -2.22. The van der Waals surface area contributed by atoms with Crippen molar-refractivity contribution in [2.45, 2.75) is 19.3 Å². The number of fused-ring (bicyclic) bond motifs is 1. The van der Waals surface area contributed by atoms with E-state index >= 15 is 0 Å². The minimum atomic E-state index is -2.93. The van der Waals surface area contributed by atoms with Gasteiger partial charge in [-0.1, -0.05) is 6.07 Å². The first-order valence-corrected chi connectivity index (χ1v) is 9.89. The molecule has 0 atom stereocenters. The highest BCUT2D eigenvalue weighted by Crippen LogP contribution is 2.30. The zero-order chi connectivity index (χ0) is 22.2. The molecule has 1 aromatic heterocycles. The summed E-state index contributed by atoms with van der Waals surface area (Å²) in [5, 5.41) is 0.789. The second kappa shape index (κ2) is 7.15. The fourth-order valence-electron chi connectivity index (χ4n) is 3.08. The van der Waals surface area contributed by atoms with Crippen LogP contribution in [-0.4, -0.2) is 56.9 Å². The molecule has 0 spiro atoms. The minimum Gasteiger partial charge on any atom is -0.493 e. The molecule has 0 unspecified atom stereocenters. The molecule has 5 nitrogen and oxygen atoms in total. The van der Waals surface area contributed by atoms with E-state index in [0.717, 1.165) is 16.5 Å². The van der Waals surface area contributed by atoms with E-state index in [0.29, 0.717) is 30.1 Å². The molecule has 1 aliphatic heterocycles. The third-order valence-electron chi connectivity index (χ3n) is 4.50. The van der Waals surface area contributed by atoms with Gasteiger partial charge in [0.15, 0.2) is 0 Å². The number of hydrogen-bond donors (Lipinski definition) is 1. The summed E-state index contributed by atoms with van der Waals surface area (Å²) in [7, 11) is -2.93. The highest BCUT2D eigenvalue weighted by atomic mass is 32.2. The maximum atomic E-state index is 11.6. The highest BCUT2D eigenvalue weighted by molar-refractivity contribution is 7.91. The van der Waals surface area contributed by atoms with Gasteiger partial charge in [0.1, 0.15) is 15.6 Å². The molecular weight excluding hydrogens is 324 g/mol. The van der Waals surface area contributed by atoms with Gasteiger partial charge >= 0.3 is 0 Å². The van der Waals surface area contributed by atoms with Crippen LogP contribution in [0.1, 0.15) is 26.6 Å². The Kier molecular flexibility index (Phi) is 3.32. The summed E-state index contributed by atoms with van der Waals surface area (Å²) in [6.07, 6.45) is 3.11. The van der Waals surface area contributed by atoms with E-state index in [1.54, 1.807) is 6.20 Å². The standard InChI is InChI=1S/C18H26N2O3S/c1-20(2)9-6-15-12-19-16-4-3-5-17(18(15)16)23-13-14-7-10-24(21,22)11-8-14/h3-5,12,14,19H,6-11,13H2,1-2H3/i1D3,2D3. The van der Waals surface area contributed by atoms with Gasteiger partial charge in [0.25, 0.3) is 0 Å². The number of sulfone groups is 1. The molecule has 1 fully saturated rings. The van der Waals surface area contributed by atoms with Gasteiger partial charge in [0, 0.05) is 31.9 Å². The van der Waals surface area contributed by atoms with Crippen LogP contribution in [0.4, 0.5) is 0 Å². The first kappa shape index (κ1) is 11.2. The lowest BCUT2D eigenvalue weighted by atomic mass is 10.0. The number of H-pyrrole nitrogens is 1. The van der Waals surface area contributed by atoms with Crippen molar-refractivity contribution in [1.82, 2.24) is 9.88 Å². The van der Waals surface area contributed by atoms with E-state index in [9.17, 15) is 8.42 Å². The summed E-state index contributed by atoms with van der Waals surface area (Å²) in [4.78, 5) is 3.67. The average molecular weight is 357 g/mol. The van der Waals surface area contributed by atoms with Crippen LogP contribution in [0.5, 0.6) is 5.75 Å². The van der Waals surface area contributed by atoms with Gasteiger partial charge in [-0.2, -0.15) is 0 Å². The zero-order valence-electron chi connectivity index (χ0n) is 19.4. The Labute approximate surface area is 152 Å². The molecule has 2 aromatic rings. The van der Waals surface area contributed by atoms with Crippen molar-refractivity contribution in [3.63, 3.8) is 0 Å². The molecule has 3 rings (SSSR count). The predicted octanol–water partition coefficient (Wildman–Crippen LogP) is 2.48. The summed E-state index contributed by atoms with van der Waals surface area (Å²) < 4.78 is 74.3. The smallest absolute Gasteiger partial charge is 0.150 e. The maximum Gasteiger partial charge on any atom is 0.150 e. The topological polar surface area (TPSA) is 62.4 Å². The SMILES string of the molecule is [2H]C([2H])([2H])N(CCc1c[nH]c2cccc(OCC3CCS(=O)(=O)CC3)c12)C([2H])([2H])[2H]. The van der Waals surface area contributed by atoms with Crippen molar-refractivity contribution >= 4 is 20.7 Å². The Morgan fingerprint density at radius 2 is 2.12 bits per heavy atom. The summed E-state index contributed by atoms with van der Waals surface area (Å²) in [6, 6.07) is 5.51. The number of hydrogen-bond acceptors (Lipinski definition) is 4. The summed E-state index contributed by atoms with van der Waals surface area (Å²) >= 11 is 0. The summed E-state index contributed by atoms with van der Waals surface area (Å²) in [5.41, 5.74) is 1.58. The van der Waals surface area contributed by atoms with Crippen molar-refractivity contribution in [2.75, 3.05) is 38.6 Å². The largest absolute Gasteiger partial charge is 0.493 e. The lowest BCUT2D eigenvalue weighted by Crippen LogP contribution is -2.26. The lowest BCUT2D eigenvalue weighted by molar-refractivity contribution is 0.240. The molecule has 1 aromatic carbocycles. The number of likely N-dealkylation sites (N-methyl/N-ethyl adjacent to an activating group) is 1. The number of nitrogens with one attached hydrogen (secondary N) is 1. The van der Waals surface area contributed by atoms with E-state index < -0.39 is 23.8 Å². The van der Waals surface area contributed by atoms with E-state index in [1.165, 1.54) is 0 Å². The Bertz CT molecular complexity index is 956. The number of aromatic amines is 1. The van der Waals surface area contributed by atoms with Crippen LogP contribution in [-0.2, 0) is 16.3 Å². The first-order valence-electron chi connectivity index (χ1n) is 11.1. The molecule has 6 heteroatoms. The van der Waals surface area contributed by atoms with Gasteiger partial charge in [0.2, 0.25) is 0 Å². The highest BCUT2D eigenvalue weighted by Gasteiger charge is 2.24. The molecule has 24 heavy (non-hydrogen) atoms. The predicted molar refractivity (Wildman–Crippen MR) is 97.4 cm³/mol. The third kappa shape index (κ3) is 4.11. The fraction of sp³-hybridized carbons (Fsp3) is 0.556. The van der Waals surface area contributed by atoms with E-state index in [4.69, 9.17) is 13.0 Å². The van der Waals surface area contributed by atoms with Crippen molar-refractivity contribution < 1.29 is 21.4 Å². The van der Waals surface area contributed by atoms with Crippen molar-refractivity contribution in [1.29, 1.82) is 0 Å². The summed E-state index contributed by atoms with van der Waals surface area (Å²) in [6.45, 7) is -5.21. The molecule has 0 amide bonds. The number of nitrogens with zero attached hydrogens (tertiary/aromatic N) is 1. The van der Waals surface area contributed by atoms with Crippen LogP contribution in [0, 0.1) is 5.92 Å². The number of rotatable bonds is 6. The van der Waals surface area contributed by atoms with Crippen LogP contribution in [0.15, 0.2) is 24.4 Å². The van der Waals surface area contributed by atoms with E-state index in [-0.39, 0.29) is 30.4 Å². The average Bonchev–Trinajstić information content (AvgIpc) is 3.02. The van der Waals surface area contributed by atoms with Crippen LogP contribution < -0.4 is 4.74 Å². The Morgan fingerprint density at radius 3 is 2.88 bits per heavy atom. The molecule has 2 heterocycles. The van der Waals surface area contributed by atoms with Crippen molar-refractivity contribution in [2.24, 2.45) is 5.92 Å². The second-order valence-electron chi connectivity index (χ2n) is 6.30. The summed E-state index contributed by atoms with van der Waals surface area (Å²) in [5.74, 6) is 1.14. The normalized spacial score (nSPS) is 23.0. The van der Waals surface area contributed by atoms with Gasteiger partial charge in [-0.25, -0.2) is 8.42 Å². The van der Waals surface area contributed by atoms with Crippen LogP contribution in [0.3, 0.4) is 0 Å². The zero-order valence-corrected chi connectivity index (χ0v) is 14.2. The molecule has 0 aliphatic carbocycles. The van der Waals surface area contributed by atoms with Gasteiger partial charge in [0.05, 0.1) is 18.1 Å². The third-order valence-corrected chi connectivity index (χ3v) is 6.22. The minimum absolute atomic E-state index is 0.158. The molecule has 1 saturated heterocycles. The van der Waals surface area contributed by atoms with Crippen molar-refractivity contribution in [3.8, 4) is 5.75 Å². The van der Waals surface area contributed by atoms with Crippen LogP contribution in [0.2, 0.25) is 0 Å². The van der Waals surface area contributed by atoms with Crippen LogP contribution in [0.25, 0.3) is 10.9 Å². The van der Waals surface area contributed by atoms with E-state index in [2.05, 4.69) is 4.98 Å². The molecule has 1 N–H and O–H groups in total. The Hall–Kier alpha value is -1.53. The van der Waals surface area contributed by atoms with Gasteiger partial charge in [-0.3, -0.25) is 0 Å². The van der Waals surface area contributed by atoms with Crippen LogP contribution >= 0.6 is 0 Å². The molecule has 132 valence electrons. The fourth-order valence-corrected chi connectivity index (χ4v) is 4.67. The second-order valence-corrected chi connectivity index (χ2v) is 8.60. The Balaban J connectivity index is 1.74. The molecule has 0 saturated carbocycles. The maximum absolute atomic E-state index is 11.6. The van der Waals surface area contributed by atoms with E-state index in [1.807, 2.05) is 18.2 Å². The van der Waals surface area contributed by atoms with Gasteiger partial charge < -0.3 is 14.6 Å².